The summed E-state index contributed by atoms with van der Waals surface area (Å²) in [5, 5.41) is 12.9. The van der Waals surface area contributed by atoms with Gasteiger partial charge in [0.25, 0.3) is 0 Å². The topological polar surface area (TPSA) is 69.6 Å². The van der Waals surface area contributed by atoms with Gasteiger partial charge in [-0.05, 0) is 70.0 Å². The molecule has 0 aliphatic carbocycles. The molecule has 0 bridgehead atoms. The van der Waals surface area contributed by atoms with Gasteiger partial charge in [0.1, 0.15) is 4.75 Å². The Morgan fingerprint density at radius 3 is 2.23 bits per heavy atom. The highest BCUT2D eigenvalue weighted by Gasteiger charge is 2.58. The third kappa shape index (κ3) is 6.11. The molecule has 5 rings (SSSR count). The molecule has 0 spiro atoms. The van der Waals surface area contributed by atoms with Crippen molar-refractivity contribution in [3.05, 3.63) is 135 Å². The van der Waals surface area contributed by atoms with Crippen LogP contribution in [-0.4, -0.2) is 26.6 Å². The highest BCUT2D eigenvalue weighted by Crippen LogP contribution is 2.54. The molecule has 1 heterocycles. The van der Waals surface area contributed by atoms with Crippen LogP contribution in [0.5, 0.6) is 0 Å². The van der Waals surface area contributed by atoms with Crippen molar-refractivity contribution in [1.29, 1.82) is 0 Å². The van der Waals surface area contributed by atoms with Crippen molar-refractivity contribution in [3.63, 3.8) is 0 Å². The van der Waals surface area contributed by atoms with Gasteiger partial charge in [0.2, 0.25) is 11.8 Å². The summed E-state index contributed by atoms with van der Waals surface area (Å²) in [7, 11) is 0. The lowest BCUT2D eigenvalue weighted by Gasteiger charge is -2.37. The van der Waals surface area contributed by atoms with Gasteiger partial charge in [-0.25, -0.2) is 0 Å². The Labute approximate surface area is 253 Å². The van der Waals surface area contributed by atoms with Gasteiger partial charge in [0, 0.05) is 21.6 Å². The maximum absolute atomic E-state index is 14.4. The van der Waals surface area contributed by atoms with Crippen molar-refractivity contribution in [1.82, 2.24) is 10.2 Å². The van der Waals surface area contributed by atoms with E-state index in [2.05, 4.69) is 27.9 Å². The molecular formula is C33H31IN2O3S. The molecule has 1 aliphatic rings. The molecule has 0 saturated carbocycles. The van der Waals surface area contributed by atoms with E-state index < -0.39 is 10.8 Å². The standard InChI is InChI=1S/C33H31IN2O3S/c1-23-12-15-27(16-13-23)40-33(32(39)35-20-24-8-4-2-5-9-24)19-30(38)36(21-25-10-6-3-7-11-25)31(33)28-17-14-26(22-37)18-29(28)34/h2-18,31,37H,19-22H2,1H3,(H,35,39)/t31-,33-/m1/s1. The zero-order chi connectivity index (χ0) is 28.1. The second-order valence-corrected chi connectivity index (χ2v) is 12.6. The predicted octanol–water partition coefficient (Wildman–Crippen LogP) is 6.41. The summed E-state index contributed by atoms with van der Waals surface area (Å²) in [6.45, 7) is 2.72. The zero-order valence-electron chi connectivity index (χ0n) is 22.2. The predicted molar refractivity (Wildman–Crippen MR) is 167 cm³/mol. The van der Waals surface area contributed by atoms with Crippen molar-refractivity contribution in [2.45, 2.75) is 48.7 Å². The number of aliphatic hydroxyl groups excluding tert-OH is 1. The van der Waals surface area contributed by atoms with E-state index in [1.807, 2.05) is 115 Å². The molecule has 4 aromatic rings. The average Bonchev–Trinajstić information content (AvgIpc) is 3.25. The third-order valence-electron chi connectivity index (χ3n) is 7.23. The number of amides is 2. The number of nitrogens with one attached hydrogen (secondary N) is 1. The lowest BCUT2D eigenvalue weighted by molar-refractivity contribution is -0.129. The lowest BCUT2D eigenvalue weighted by atomic mass is 9.90. The van der Waals surface area contributed by atoms with Gasteiger partial charge >= 0.3 is 0 Å². The molecule has 1 saturated heterocycles. The van der Waals surface area contributed by atoms with Crippen LogP contribution >= 0.6 is 34.4 Å². The maximum Gasteiger partial charge on any atom is 0.239 e. The van der Waals surface area contributed by atoms with Crippen LogP contribution in [0.25, 0.3) is 0 Å². The smallest absolute Gasteiger partial charge is 0.239 e. The Hall–Kier alpha value is -3.14. The van der Waals surface area contributed by atoms with E-state index in [-0.39, 0.29) is 24.8 Å². The Kier molecular flexibility index (Phi) is 8.93. The normalized spacial score (nSPS) is 18.6. The van der Waals surface area contributed by atoms with E-state index in [0.717, 1.165) is 36.3 Å². The molecular weight excluding hydrogens is 631 g/mol. The first kappa shape index (κ1) is 28.4. The molecule has 2 amide bonds. The maximum atomic E-state index is 14.4. The highest BCUT2D eigenvalue weighted by atomic mass is 127. The summed E-state index contributed by atoms with van der Waals surface area (Å²) in [4.78, 5) is 31.1. The van der Waals surface area contributed by atoms with Crippen LogP contribution in [0.2, 0.25) is 0 Å². The van der Waals surface area contributed by atoms with Crippen LogP contribution < -0.4 is 5.32 Å². The van der Waals surface area contributed by atoms with Gasteiger partial charge in [0.05, 0.1) is 19.1 Å². The Bertz CT molecular complexity index is 1480. The summed E-state index contributed by atoms with van der Waals surface area (Å²) < 4.78 is -0.206. The first-order valence-electron chi connectivity index (χ1n) is 13.2. The molecule has 0 unspecified atom stereocenters. The molecule has 4 aromatic carbocycles. The number of rotatable bonds is 9. The number of aliphatic hydroxyl groups is 1. The Morgan fingerprint density at radius 1 is 0.950 bits per heavy atom. The molecule has 0 radical (unpaired) electrons. The monoisotopic (exact) mass is 662 g/mol. The molecule has 2 atom stereocenters. The summed E-state index contributed by atoms with van der Waals surface area (Å²) >= 11 is 3.73. The van der Waals surface area contributed by atoms with Gasteiger partial charge in [-0.2, -0.15) is 0 Å². The number of carbonyl (C=O) groups is 2. The lowest BCUT2D eigenvalue weighted by Crippen LogP contribution is -2.48. The van der Waals surface area contributed by atoms with E-state index in [4.69, 9.17) is 0 Å². The van der Waals surface area contributed by atoms with Crippen LogP contribution in [0.1, 0.15) is 40.3 Å². The van der Waals surface area contributed by atoms with Crippen molar-refractivity contribution in [2.24, 2.45) is 0 Å². The molecule has 204 valence electrons. The second kappa shape index (κ2) is 12.6. The van der Waals surface area contributed by atoms with E-state index >= 15 is 0 Å². The molecule has 1 fully saturated rings. The summed E-state index contributed by atoms with van der Waals surface area (Å²) in [5.74, 6) is -0.233. The number of hydrogen-bond acceptors (Lipinski definition) is 4. The van der Waals surface area contributed by atoms with Crippen LogP contribution in [0.15, 0.2) is 108 Å². The van der Waals surface area contributed by atoms with Gasteiger partial charge < -0.3 is 15.3 Å². The molecule has 2 N–H and O–H groups in total. The van der Waals surface area contributed by atoms with Crippen LogP contribution in [0.3, 0.4) is 0 Å². The van der Waals surface area contributed by atoms with Crippen molar-refractivity contribution >= 4 is 46.2 Å². The van der Waals surface area contributed by atoms with E-state index in [1.54, 1.807) is 0 Å². The fourth-order valence-electron chi connectivity index (χ4n) is 5.18. The minimum absolute atomic E-state index is 0.0645. The number of likely N-dealkylation sites (tertiary alicyclic amines) is 1. The fraction of sp³-hybridized carbons (Fsp3) is 0.212. The molecule has 0 aromatic heterocycles. The highest BCUT2D eigenvalue weighted by molar-refractivity contribution is 14.1. The first-order valence-corrected chi connectivity index (χ1v) is 15.1. The largest absolute Gasteiger partial charge is 0.392 e. The number of aryl methyl sites for hydroxylation is 1. The minimum Gasteiger partial charge on any atom is -0.392 e. The number of carbonyl (C=O) groups excluding carboxylic acids is 2. The molecule has 7 heteroatoms. The minimum atomic E-state index is -1.11. The van der Waals surface area contributed by atoms with E-state index in [9.17, 15) is 14.7 Å². The average molecular weight is 663 g/mol. The van der Waals surface area contributed by atoms with Crippen LogP contribution in [0, 0.1) is 10.5 Å². The second-order valence-electron chi connectivity index (χ2n) is 10.1. The summed E-state index contributed by atoms with van der Waals surface area (Å²) in [6.07, 6.45) is 0.0709. The Morgan fingerprint density at radius 2 is 1.60 bits per heavy atom. The molecule has 1 aliphatic heterocycles. The number of nitrogens with zero attached hydrogens (tertiary/aromatic N) is 1. The summed E-state index contributed by atoms with van der Waals surface area (Å²) in [6, 6.07) is 33.1. The summed E-state index contributed by atoms with van der Waals surface area (Å²) in [5.41, 5.74) is 4.82. The fourth-order valence-corrected chi connectivity index (χ4v) is 7.47. The SMILES string of the molecule is Cc1ccc(S[C@]2(C(=O)NCc3ccccc3)CC(=O)N(Cc3ccccc3)[C@@H]2c2ccc(CO)cc2I)cc1. The third-order valence-corrected chi connectivity index (χ3v) is 9.59. The van der Waals surface area contributed by atoms with Crippen LogP contribution in [-0.2, 0) is 29.3 Å². The first-order chi connectivity index (χ1) is 19.4. The van der Waals surface area contributed by atoms with Gasteiger partial charge in [0.15, 0.2) is 0 Å². The molecule has 40 heavy (non-hydrogen) atoms. The molecule has 5 nitrogen and oxygen atoms in total. The zero-order valence-corrected chi connectivity index (χ0v) is 25.2. The van der Waals surface area contributed by atoms with E-state index in [1.165, 1.54) is 11.8 Å². The Balaban J connectivity index is 1.62. The van der Waals surface area contributed by atoms with Gasteiger partial charge in [-0.3, -0.25) is 9.59 Å². The van der Waals surface area contributed by atoms with Crippen molar-refractivity contribution < 1.29 is 14.7 Å². The van der Waals surface area contributed by atoms with Crippen molar-refractivity contribution in [2.75, 3.05) is 0 Å². The number of halogens is 1. The van der Waals surface area contributed by atoms with E-state index in [0.29, 0.717) is 13.1 Å². The number of benzene rings is 4. The van der Waals surface area contributed by atoms with Crippen molar-refractivity contribution in [3.8, 4) is 0 Å². The quantitative estimate of drug-likeness (QED) is 0.203. The number of hydrogen-bond donors (Lipinski definition) is 2. The number of thioether (sulfide) groups is 1. The van der Waals surface area contributed by atoms with Crippen LogP contribution in [0.4, 0.5) is 0 Å². The van der Waals surface area contributed by atoms with Gasteiger partial charge in [-0.15, -0.1) is 11.8 Å². The van der Waals surface area contributed by atoms with Gasteiger partial charge in [-0.1, -0.05) is 90.5 Å².